The Hall–Kier alpha value is -1.49. The van der Waals surface area contributed by atoms with Crippen molar-refractivity contribution in [2.24, 2.45) is 5.92 Å². The summed E-state index contributed by atoms with van der Waals surface area (Å²) in [6.07, 6.45) is 3.02. The number of rotatable bonds is 3. The maximum absolute atomic E-state index is 13.7. The van der Waals surface area contributed by atoms with Gasteiger partial charge in [0.1, 0.15) is 11.6 Å². The Kier molecular flexibility index (Phi) is 3.46. The van der Waals surface area contributed by atoms with Gasteiger partial charge >= 0.3 is 0 Å². The highest BCUT2D eigenvalue weighted by molar-refractivity contribution is 5.80. The normalized spacial score (nSPS) is 29.4. The zero-order valence-electron chi connectivity index (χ0n) is 11.3. The molecule has 2 saturated heterocycles. The van der Waals surface area contributed by atoms with Gasteiger partial charge in [-0.2, -0.15) is 0 Å². The number of hydrogen-bond acceptors (Lipinski definition) is 2. The number of hydrogen-bond donors (Lipinski definition) is 2. The van der Waals surface area contributed by atoms with Crippen LogP contribution in [0.4, 0.5) is 8.78 Å². The van der Waals surface area contributed by atoms with E-state index in [2.05, 4.69) is 10.6 Å². The van der Waals surface area contributed by atoms with Crippen LogP contribution in [0.1, 0.15) is 37.8 Å². The number of halogens is 2. The molecule has 2 aliphatic heterocycles. The number of fused-ring (bicyclic) bond motifs is 2. The van der Waals surface area contributed by atoms with Crippen LogP contribution >= 0.6 is 0 Å². The maximum Gasteiger partial charge on any atom is 0.225 e. The fourth-order valence-electron chi connectivity index (χ4n) is 3.36. The van der Waals surface area contributed by atoms with E-state index >= 15 is 0 Å². The van der Waals surface area contributed by atoms with Crippen LogP contribution in [-0.2, 0) is 4.79 Å². The molecule has 5 heteroatoms. The van der Waals surface area contributed by atoms with Crippen LogP contribution < -0.4 is 10.6 Å². The second-order valence-electron chi connectivity index (χ2n) is 5.79. The Balaban J connectivity index is 1.66. The molecule has 1 aromatic rings. The minimum absolute atomic E-state index is 0.0280. The quantitative estimate of drug-likeness (QED) is 0.892. The molecule has 2 bridgehead atoms. The second kappa shape index (κ2) is 5.13. The van der Waals surface area contributed by atoms with E-state index in [-0.39, 0.29) is 17.9 Å². The van der Waals surface area contributed by atoms with Crippen LogP contribution in [0.3, 0.4) is 0 Å². The van der Waals surface area contributed by atoms with Crippen molar-refractivity contribution in [3.05, 3.63) is 35.4 Å². The lowest BCUT2D eigenvalue weighted by Crippen LogP contribution is -2.38. The first kappa shape index (κ1) is 13.5. The van der Waals surface area contributed by atoms with E-state index < -0.39 is 17.7 Å². The third-order valence-corrected chi connectivity index (χ3v) is 4.42. The Morgan fingerprint density at radius 1 is 1.40 bits per heavy atom. The molecule has 0 aromatic heterocycles. The van der Waals surface area contributed by atoms with Crippen LogP contribution in [-0.4, -0.2) is 18.0 Å². The summed E-state index contributed by atoms with van der Waals surface area (Å²) in [7, 11) is 0. The van der Waals surface area contributed by atoms with Crippen molar-refractivity contribution in [2.75, 3.05) is 0 Å². The van der Waals surface area contributed by atoms with Gasteiger partial charge in [-0.1, -0.05) is 6.07 Å². The summed E-state index contributed by atoms with van der Waals surface area (Å²) in [5, 5.41) is 6.25. The van der Waals surface area contributed by atoms with Crippen LogP contribution in [0.5, 0.6) is 0 Å². The van der Waals surface area contributed by atoms with Gasteiger partial charge in [-0.3, -0.25) is 4.79 Å². The maximum atomic E-state index is 13.7. The predicted molar refractivity (Wildman–Crippen MR) is 71.0 cm³/mol. The lowest BCUT2D eigenvalue weighted by molar-refractivity contribution is -0.126. The van der Waals surface area contributed by atoms with Gasteiger partial charge in [0.15, 0.2) is 0 Å². The van der Waals surface area contributed by atoms with Gasteiger partial charge < -0.3 is 10.6 Å². The van der Waals surface area contributed by atoms with Crippen LogP contribution in [0.15, 0.2) is 18.2 Å². The van der Waals surface area contributed by atoms with Gasteiger partial charge in [-0.25, -0.2) is 8.78 Å². The molecule has 108 valence electrons. The third kappa shape index (κ3) is 2.42. The Morgan fingerprint density at radius 2 is 2.20 bits per heavy atom. The first-order valence-corrected chi connectivity index (χ1v) is 7.06. The molecule has 3 nitrogen and oxygen atoms in total. The average Bonchev–Trinajstić information content (AvgIpc) is 3.00. The van der Waals surface area contributed by atoms with Crippen LogP contribution in [0.2, 0.25) is 0 Å². The van der Waals surface area contributed by atoms with Crippen molar-refractivity contribution in [1.82, 2.24) is 10.6 Å². The van der Waals surface area contributed by atoms with Gasteiger partial charge in [0.25, 0.3) is 0 Å². The Bertz CT molecular complexity index is 535. The summed E-state index contributed by atoms with van der Waals surface area (Å²) >= 11 is 0. The van der Waals surface area contributed by atoms with Crippen molar-refractivity contribution in [3.8, 4) is 0 Å². The van der Waals surface area contributed by atoms with Crippen molar-refractivity contribution in [2.45, 2.75) is 44.3 Å². The molecule has 2 N–H and O–H groups in total. The molecular weight excluding hydrogens is 262 g/mol. The molecule has 0 radical (unpaired) electrons. The summed E-state index contributed by atoms with van der Waals surface area (Å²) in [5.74, 6) is -1.30. The van der Waals surface area contributed by atoms with Gasteiger partial charge in [-0.15, -0.1) is 0 Å². The molecule has 2 heterocycles. The molecule has 2 aliphatic rings. The van der Waals surface area contributed by atoms with Crippen molar-refractivity contribution in [3.63, 3.8) is 0 Å². The van der Waals surface area contributed by atoms with Crippen molar-refractivity contribution in [1.29, 1.82) is 0 Å². The first-order chi connectivity index (χ1) is 9.54. The smallest absolute Gasteiger partial charge is 0.225 e. The molecule has 0 spiro atoms. The number of carbonyl (C=O) groups is 1. The lowest BCUT2D eigenvalue weighted by Gasteiger charge is -2.22. The predicted octanol–water partition coefficient (Wildman–Crippen LogP) is 2.28. The number of nitrogens with one attached hydrogen (secondary N) is 2. The van der Waals surface area contributed by atoms with E-state index in [1.165, 1.54) is 12.1 Å². The minimum Gasteiger partial charge on any atom is -0.349 e. The van der Waals surface area contributed by atoms with Gasteiger partial charge in [-0.05, 0) is 32.3 Å². The Labute approximate surface area is 116 Å². The standard InChI is InChI=1S/C15H18F2N2O/c1-8(11-4-2-9(16)6-13(11)17)18-15(20)12-7-10-3-5-14(12)19-10/h2,4,6,8,10,12,14,19H,3,5,7H2,1H3,(H,18,20). The fourth-order valence-corrected chi connectivity index (χ4v) is 3.36. The first-order valence-electron chi connectivity index (χ1n) is 7.06. The van der Waals surface area contributed by atoms with E-state index in [0.717, 1.165) is 25.3 Å². The summed E-state index contributed by atoms with van der Waals surface area (Å²) < 4.78 is 26.6. The van der Waals surface area contributed by atoms with E-state index in [0.29, 0.717) is 11.6 Å². The van der Waals surface area contributed by atoms with E-state index in [1.54, 1.807) is 6.92 Å². The van der Waals surface area contributed by atoms with Crippen LogP contribution in [0.25, 0.3) is 0 Å². The molecule has 0 saturated carbocycles. The minimum atomic E-state index is -0.621. The largest absolute Gasteiger partial charge is 0.349 e. The fraction of sp³-hybridized carbons (Fsp3) is 0.533. The van der Waals surface area contributed by atoms with E-state index in [9.17, 15) is 13.6 Å². The highest BCUT2D eigenvalue weighted by Gasteiger charge is 2.42. The van der Waals surface area contributed by atoms with Gasteiger partial charge in [0.05, 0.1) is 12.0 Å². The number of carbonyl (C=O) groups excluding carboxylic acids is 1. The molecule has 0 aliphatic carbocycles. The molecule has 2 fully saturated rings. The van der Waals surface area contributed by atoms with Gasteiger partial charge in [0, 0.05) is 23.7 Å². The highest BCUT2D eigenvalue weighted by atomic mass is 19.1. The molecule has 3 rings (SSSR count). The molecule has 4 unspecified atom stereocenters. The van der Waals surface area contributed by atoms with Crippen molar-refractivity contribution < 1.29 is 13.6 Å². The molecular formula is C15H18F2N2O. The second-order valence-corrected chi connectivity index (χ2v) is 5.79. The highest BCUT2D eigenvalue weighted by Crippen LogP contribution is 2.33. The SMILES string of the molecule is CC(NC(=O)C1CC2CCC1N2)c1ccc(F)cc1F. The number of amides is 1. The summed E-state index contributed by atoms with van der Waals surface area (Å²) in [4.78, 5) is 12.2. The van der Waals surface area contributed by atoms with E-state index in [4.69, 9.17) is 0 Å². The molecule has 4 atom stereocenters. The Morgan fingerprint density at radius 3 is 2.80 bits per heavy atom. The van der Waals surface area contributed by atoms with E-state index in [1.807, 2.05) is 0 Å². The molecule has 1 aromatic carbocycles. The van der Waals surface area contributed by atoms with Crippen molar-refractivity contribution >= 4 is 5.91 Å². The topological polar surface area (TPSA) is 41.1 Å². The third-order valence-electron chi connectivity index (χ3n) is 4.42. The van der Waals surface area contributed by atoms with Crippen LogP contribution in [0, 0.1) is 17.6 Å². The summed E-state index contributed by atoms with van der Waals surface area (Å²) in [5.41, 5.74) is 0.316. The number of benzene rings is 1. The molecule has 20 heavy (non-hydrogen) atoms. The average molecular weight is 280 g/mol. The summed E-state index contributed by atoms with van der Waals surface area (Å²) in [6.45, 7) is 1.72. The van der Waals surface area contributed by atoms with Gasteiger partial charge in [0.2, 0.25) is 5.91 Å². The monoisotopic (exact) mass is 280 g/mol. The lowest BCUT2D eigenvalue weighted by atomic mass is 9.88. The zero-order chi connectivity index (χ0) is 14.3. The zero-order valence-corrected chi connectivity index (χ0v) is 11.3. The molecule has 1 amide bonds. The summed E-state index contributed by atoms with van der Waals surface area (Å²) in [6, 6.07) is 3.69.